The van der Waals surface area contributed by atoms with Crippen molar-refractivity contribution in [2.75, 3.05) is 24.5 Å². The zero-order valence-electron chi connectivity index (χ0n) is 18.9. The number of benzene rings is 1. The number of aromatic nitrogens is 3. The largest absolute Gasteiger partial charge is 0.465 e. The van der Waals surface area contributed by atoms with Crippen LogP contribution in [0.1, 0.15) is 25.0 Å². The molecular weight excluding hydrogens is 446 g/mol. The summed E-state index contributed by atoms with van der Waals surface area (Å²) in [5.74, 6) is 1.50. The first kappa shape index (κ1) is 22.3. The quantitative estimate of drug-likeness (QED) is 0.379. The Balaban J connectivity index is 1.21. The smallest absolute Gasteiger partial charge is 0.407 e. The zero-order chi connectivity index (χ0) is 23.3. The molecule has 1 fully saturated rings. The Morgan fingerprint density at radius 3 is 2.76 bits per heavy atom. The standard InChI is InChI=1S/C26H27N5O2S/c32-26(33)31(16-21-17-34-18-28-21)13-10-19-8-11-30(12-9-19)25-7-3-6-24(29-25)23-15-27-14-20-4-1-2-5-22(20)23/h1-7,14-15,17-19H,8-13,16H2,(H,32,33). The maximum absolute atomic E-state index is 11.6. The Morgan fingerprint density at radius 1 is 1.12 bits per heavy atom. The summed E-state index contributed by atoms with van der Waals surface area (Å²) in [4.78, 5) is 29.1. The first-order valence-corrected chi connectivity index (χ1v) is 12.5. The summed E-state index contributed by atoms with van der Waals surface area (Å²) in [5.41, 5.74) is 4.53. The molecule has 5 rings (SSSR count). The number of carboxylic acid groups (broad SMARTS) is 1. The number of pyridine rings is 2. The highest BCUT2D eigenvalue weighted by Gasteiger charge is 2.22. The lowest BCUT2D eigenvalue weighted by molar-refractivity contribution is 0.137. The summed E-state index contributed by atoms with van der Waals surface area (Å²) in [6.07, 6.45) is 5.84. The van der Waals surface area contributed by atoms with E-state index in [1.165, 1.54) is 16.2 Å². The van der Waals surface area contributed by atoms with Gasteiger partial charge in [0.2, 0.25) is 0 Å². The Kier molecular flexibility index (Phi) is 6.67. The average molecular weight is 474 g/mol. The van der Waals surface area contributed by atoms with Crippen LogP contribution in [0.2, 0.25) is 0 Å². The second kappa shape index (κ2) is 10.2. The van der Waals surface area contributed by atoms with Crippen molar-refractivity contribution in [3.8, 4) is 11.3 Å². The number of hydrogen-bond acceptors (Lipinski definition) is 6. The molecule has 4 aromatic rings. The average Bonchev–Trinajstić information content (AvgIpc) is 3.40. The summed E-state index contributed by atoms with van der Waals surface area (Å²) in [6.45, 7) is 2.75. The van der Waals surface area contributed by atoms with Crippen molar-refractivity contribution in [2.45, 2.75) is 25.8 Å². The summed E-state index contributed by atoms with van der Waals surface area (Å²) in [7, 11) is 0. The molecule has 4 heterocycles. The Hall–Kier alpha value is -3.52. The van der Waals surface area contributed by atoms with Crippen LogP contribution >= 0.6 is 11.3 Å². The van der Waals surface area contributed by atoms with Crippen LogP contribution in [0.4, 0.5) is 10.6 Å². The van der Waals surface area contributed by atoms with Crippen molar-refractivity contribution in [1.82, 2.24) is 19.9 Å². The molecule has 1 aliphatic rings. The number of thiazole rings is 1. The van der Waals surface area contributed by atoms with Gasteiger partial charge in [0.1, 0.15) is 5.82 Å². The van der Waals surface area contributed by atoms with Gasteiger partial charge in [-0.15, -0.1) is 11.3 Å². The van der Waals surface area contributed by atoms with Gasteiger partial charge in [-0.3, -0.25) is 4.98 Å². The van der Waals surface area contributed by atoms with Gasteiger partial charge in [-0.25, -0.2) is 14.8 Å². The van der Waals surface area contributed by atoms with E-state index in [1.807, 2.05) is 36.0 Å². The Morgan fingerprint density at radius 2 is 1.97 bits per heavy atom. The first-order valence-electron chi connectivity index (χ1n) is 11.6. The number of amides is 1. The van der Waals surface area contributed by atoms with E-state index in [2.05, 4.69) is 39.1 Å². The molecule has 7 nitrogen and oxygen atoms in total. The highest BCUT2D eigenvalue weighted by molar-refractivity contribution is 7.07. The van der Waals surface area contributed by atoms with Crippen molar-refractivity contribution >= 4 is 34.0 Å². The molecule has 0 bridgehead atoms. The Labute approximate surface area is 202 Å². The van der Waals surface area contributed by atoms with E-state index in [4.69, 9.17) is 4.98 Å². The fraction of sp³-hybridized carbons (Fsp3) is 0.308. The molecular formula is C26H27N5O2S. The molecule has 1 amide bonds. The molecule has 1 saturated heterocycles. The van der Waals surface area contributed by atoms with E-state index in [0.717, 1.165) is 65.9 Å². The maximum Gasteiger partial charge on any atom is 0.407 e. The maximum atomic E-state index is 11.6. The van der Waals surface area contributed by atoms with Gasteiger partial charge in [0.15, 0.2) is 0 Å². The van der Waals surface area contributed by atoms with Gasteiger partial charge in [0.25, 0.3) is 0 Å². The molecule has 1 aliphatic heterocycles. The molecule has 8 heteroatoms. The van der Waals surface area contributed by atoms with E-state index < -0.39 is 6.09 Å². The number of piperidine rings is 1. The zero-order valence-corrected chi connectivity index (χ0v) is 19.7. The highest BCUT2D eigenvalue weighted by atomic mass is 32.1. The second-order valence-corrected chi connectivity index (χ2v) is 9.41. The summed E-state index contributed by atoms with van der Waals surface area (Å²) >= 11 is 1.49. The van der Waals surface area contributed by atoms with Gasteiger partial charge in [0.05, 0.1) is 23.4 Å². The first-order chi connectivity index (χ1) is 16.7. The van der Waals surface area contributed by atoms with E-state index in [1.54, 1.807) is 5.51 Å². The minimum absolute atomic E-state index is 0.359. The fourth-order valence-electron chi connectivity index (χ4n) is 4.61. The molecule has 1 aromatic carbocycles. The van der Waals surface area contributed by atoms with Crippen LogP contribution in [-0.4, -0.2) is 50.7 Å². The topological polar surface area (TPSA) is 82.5 Å². The van der Waals surface area contributed by atoms with Crippen molar-refractivity contribution < 1.29 is 9.90 Å². The predicted octanol–water partition coefficient (Wildman–Crippen LogP) is 5.54. The minimum Gasteiger partial charge on any atom is -0.465 e. The van der Waals surface area contributed by atoms with Gasteiger partial charge in [-0.1, -0.05) is 30.3 Å². The molecule has 0 spiro atoms. The van der Waals surface area contributed by atoms with E-state index in [0.29, 0.717) is 19.0 Å². The number of fused-ring (bicyclic) bond motifs is 1. The second-order valence-electron chi connectivity index (χ2n) is 8.69. The summed E-state index contributed by atoms with van der Waals surface area (Å²) in [6, 6.07) is 14.4. The van der Waals surface area contributed by atoms with Crippen LogP contribution < -0.4 is 4.90 Å². The van der Waals surface area contributed by atoms with Crippen LogP contribution in [0.5, 0.6) is 0 Å². The molecule has 0 atom stereocenters. The third-order valence-electron chi connectivity index (χ3n) is 6.53. The van der Waals surface area contributed by atoms with Crippen molar-refractivity contribution in [1.29, 1.82) is 0 Å². The third kappa shape index (κ3) is 5.02. The van der Waals surface area contributed by atoms with Crippen LogP contribution in [-0.2, 0) is 6.54 Å². The molecule has 1 N–H and O–H groups in total. The van der Waals surface area contributed by atoms with Crippen molar-refractivity contribution in [3.63, 3.8) is 0 Å². The molecule has 0 radical (unpaired) electrons. The van der Waals surface area contributed by atoms with Gasteiger partial charge in [-0.05, 0) is 42.7 Å². The fourth-order valence-corrected chi connectivity index (χ4v) is 5.16. The molecule has 174 valence electrons. The monoisotopic (exact) mass is 473 g/mol. The number of rotatable bonds is 7. The summed E-state index contributed by atoms with van der Waals surface area (Å²) in [5, 5.41) is 13.7. The van der Waals surface area contributed by atoms with Gasteiger partial charge in [-0.2, -0.15) is 0 Å². The van der Waals surface area contributed by atoms with Crippen LogP contribution in [0.3, 0.4) is 0 Å². The lowest BCUT2D eigenvalue weighted by Gasteiger charge is -2.33. The SMILES string of the molecule is O=C(O)N(CCC1CCN(c2cccc(-c3cncc4ccccc34)n2)CC1)Cc1cscn1. The van der Waals surface area contributed by atoms with E-state index in [9.17, 15) is 9.90 Å². The van der Waals surface area contributed by atoms with Gasteiger partial charge >= 0.3 is 6.09 Å². The molecule has 3 aromatic heterocycles. The molecule has 0 saturated carbocycles. The molecule has 0 aliphatic carbocycles. The summed E-state index contributed by atoms with van der Waals surface area (Å²) < 4.78 is 0. The van der Waals surface area contributed by atoms with E-state index >= 15 is 0 Å². The molecule has 34 heavy (non-hydrogen) atoms. The lowest BCUT2D eigenvalue weighted by atomic mass is 9.93. The van der Waals surface area contributed by atoms with Crippen LogP contribution in [0.25, 0.3) is 22.0 Å². The number of carbonyl (C=O) groups is 1. The third-order valence-corrected chi connectivity index (χ3v) is 7.17. The van der Waals surface area contributed by atoms with Gasteiger partial charge in [0, 0.05) is 48.4 Å². The lowest BCUT2D eigenvalue weighted by Crippen LogP contribution is -2.36. The molecule has 0 unspecified atom stereocenters. The van der Waals surface area contributed by atoms with Crippen molar-refractivity contribution in [2.24, 2.45) is 5.92 Å². The van der Waals surface area contributed by atoms with E-state index in [-0.39, 0.29) is 0 Å². The predicted molar refractivity (Wildman–Crippen MR) is 135 cm³/mol. The normalized spacial score (nSPS) is 14.4. The van der Waals surface area contributed by atoms with Crippen LogP contribution in [0.15, 0.2) is 65.7 Å². The Bertz CT molecular complexity index is 1250. The van der Waals surface area contributed by atoms with Crippen LogP contribution in [0, 0.1) is 5.92 Å². The number of anilines is 1. The minimum atomic E-state index is -0.880. The number of hydrogen-bond donors (Lipinski definition) is 1. The highest BCUT2D eigenvalue weighted by Crippen LogP contribution is 2.29. The number of nitrogens with zero attached hydrogens (tertiary/aromatic N) is 5. The van der Waals surface area contributed by atoms with Gasteiger partial charge < -0.3 is 14.9 Å². The van der Waals surface area contributed by atoms with Crippen molar-refractivity contribution in [3.05, 3.63) is 71.4 Å².